The Morgan fingerprint density at radius 3 is 2.06 bits per heavy atom. The van der Waals surface area contributed by atoms with Crippen molar-refractivity contribution < 1.29 is 23.2 Å². The van der Waals surface area contributed by atoms with Gasteiger partial charge < -0.3 is 14.4 Å². The molecule has 18 heavy (non-hydrogen) atoms. The number of phenolic OH excluding ortho intramolecular Hbond substituents is 1. The van der Waals surface area contributed by atoms with Gasteiger partial charge in [0.15, 0.2) is 11.6 Å². The molecule has 0 bridgehead atoms. The van der Waals surface area contributed by atoms with E-state index in [4.69, 9.17) is 9.31 Å². The molecule has 1 aromatic carbocycles. The molecule has 98 valence electrons. The van der Waals surface area contributed by atoms with Crippen molar-refractivity contribution in [3.8, 4) is 5.75 Å². The smallest absolute Gasteiger partial charge is 0.498 e. The summed E-state index contributed by atoms with van der Waals surface area (Å²) in [5.41, 5.74) is -1.43. The summed E-state index contributed by atoms with van der Waals surface area (Å²) in [6.45, 7) is 7.24. The SMILES string of the molecule is CC1(C)OB(c2cc(O)cc(F)c2F)OC1(C)C. The van der Waals surface area contributed by atoms with E-state index in [1.807, 2.05) is 27.7 Å². The maximum Gasteiger partial charge on any atom is 0.498 e. The van der Waals surface area contributed by atoms with E-state index < -0.39 is 30.0 Å². The van der Waals surface area contributed by atoms with Crippen LogP contribution in [-0.2, 0) is 9.31 Å². The Hall–Kier alpha value is -1.14. The molecule has 0 unspecified atom stereocenters. The Labute approximate surface area is 105 Å². The Balaban J connectivity index is 2.41. The Bertz CT molecular complexity index is 472. The highest BCUT2D eigenvalue weighted by Crippen LogP contribution is 2.36. The fraction of sp³-hybridized carbons (Fsp3) is 0.500. The van der Waals surface area contributed by atoms with Crippen LogP contribution in [-0.4, -0.2) is 23.4 Å². The molecule has 6 heteroatoms. The van der Waals surface area contributed by atoms with Gasteiger partial charge in [-0.25, -0.2) is 8.78 Å². The third-order valence-electron chi connectivity index (χ3n) is 3.55. The van der Waals surface area contributed by atoms with Gasteiger partial charge in [0.2, 0.25) is 0 Å². The van der Waals surface area contributed by atoms with E-state index >= 15 is 0 Å². The zero-order chi connectivity index (χ0) is 13.7. The predicted molar refractivity (Wildman–Crippen MR) is 63.7 cm³/mol. The van der Waals surface area contributed by atoms with Crippen molar-refractivity contribution in [3.05, 3.63) is 23.8 Å². The zero-order valence-corrected chi connectivity index (χ0v) is 10.8. The minimum absolute atomic E-state index is 0.133. The molecule has 1 aromatic rings. The van der Waals surface area contributed by atoms with Crippen molar-refractivity contribution in [2.75, 3.05) is 0 Å². The van der Waals surface area contributed by atoms with E-state index in [1.165, 1.54) is 0 Å². The van der Waals surface area contributed by atoms with Crippen LogP contribution in [0.1, 0.15) is 27.7 Å². The van der Waals surface area contributed by atoms with E-state index in [9.17, 15) is 13.9 Å². The Kier molecular flexibility index (Phi) is 2.90. The molecule has 1 saturated heterocycles. The molecule has 0 amide bonds. The third kappa shape index (κ3) is 1.99. The van der Waals surface area contributed by atoms with Crippen LogP contribution in [0.25, 0.3) is 0 Å². The average molecular weight is 256 g/mol. The van der Waals surface area contributed by atoms with E-state index in [-0.39, 0.29) is 11.2 Å². The first-order valence-corrected chi connectivity index (χ1v) is 5.67. The number of benzene rings is 1. The highest BCUT2D eigenvalue weighted by molar-refractivity contribution is 6.62. The molecule has 1 aliphatic heterocycles. The summed E-state index contributed by atoms with van der Waals surface area (Å²) in [4.78, 5) is 0. The number of hydrogen-bond donors (Lipinski definition) is 1. The number of hydrogen-bond acceptors (Lipinski definition) is 3. The first-order valence-electron chi connectivity index (χ1n) is 5.67. The molecule has 0 radical (unpaired) electrons. The van der Waals surface area contributed by atoms with E-state index in [0.29, 0.717) is 6.07 Å². The topological polar surface area (TPSA) is 38.7 Å². The number of aromatic hydroxyl groups is 1. The summed E-state index contributed by atoms with van der Waals surface area (Å²) in [6.07, 6.45) is 0. The second kappa shape index (κ2) is 3.93. The molecule has 1 heterocycles. The first-order chi connectivity index (χ1) is 8.14. The monoisotopic (exact) mass is 256 g/mol. The molecular weight excluding hydrogens is 241 g/mol. The molecule has 0 saturated carbocycles. The highest BCUT2D eigenvalue weighted by Gasteiger charge is 2.52. The maximum absolute atomic E-state index is 13.7. The molecule has 0 aliphatic carbocycles. The summed E-state index contributed by atoms with van der Waals surface area (Å²) in [5, 5.41) is 9.32. The molecule has 1 aliphatic rings. The van der Waals surface area contributed by atoms with Crippen LogP contribution in [0, 0.1) is 11.6 Å². The van der Waals surface area contributed by atoms with Crippen molar-refractivity contribution in [1.82, 2.24) is 0 Å². The lowest BCUT2D eigenvalue weighted by molar-refractivity contribution is 0.00578. The normalized spacial score (nSPS) is 21.3. The second-order valence-electron chi connectivity index (χ2n) is 5.42. The summed E-state index contributed by atoms with van der Waals surface area (Å²) in [7, 11) is -1.03. The van der Waals surface area contributed by atoms with Crippen molar-refractivity contribution in [2.45, 2.75) is 38.9 Å². The molecular formula is C12H15BF2O3. The van der Waals surface area contributed by atoms with Crippen LogP contribution in [0.15, 0.2) is 12.1 Å². The molecule has 3 nitrogen and oxygen atoms in total. The molecule has 0 spiro atoms. The van der Waals surface area contributed by atoms with Crippen molar-refractivity contribution in [1.29, 1.82) is 0 Å². The van der Waals surface area contributed by atoms with Gasteiger partial charge in [-0.15, -0.1) is 0 Å². The second-order valence-corrected chi connectivity index (χ2v) is 5.42. The molecule has 1 fully saturated rings. The van der Waals surface area contributed by atoms with Crippen LogP contribution in [0.2, 0.25) is 0 Å². The average Bonchev–Trinajstić information content (AvgIpc) is 2.42. The third-order valence-corrected chi connectivity index (χ3v) is 3.55. The van der Waals surface area contributed by atoms with E-state index in [0.717, 1.165) is 6.07 Å². The summed E-state index contributed by atoms with van der Waals surface area (Å²) in [6, 6.07) is 1.82. The fourth-order valence-electron chi connectivity index (χ4n) is 1.74. The van der Waals surface area contributed by atoms with Gasteiger partial charge >= 0.3 is 7.12 Å². The van der Waals surface area contributed by atoms with Gasteiger partial charge in [0.25, 0.3) is 0 Å². The van der Waals surface area contributed by atoms with Gasteiger partial charge in [-0.3, -0.25) is 0 Å². The van der Waals surface area contributed by atoms with E-state index in [1.54, 1.807) is 0 Å². The van der Waals surface area contributed by atoms with Crippen molar-refractivity contribution >= 4 is 12.6 Å². The van der Waals surface area contributed by atoms with Crippen LogP contribution in [0.5, 0.6) is 5.75 Å². The molecule has 0 aromatic heterocycles. The fourth-order valence-corrected chi connectivity index (χ4v) is 1.74. The van der Waals surface area contributed by atoms with Gasteiger partial charge in [-0.05, 0) is 33.8 Å². The van der Waals surface area contributed by atoms with Gasteiger partial charge in [0, 0.05) is 11.5 Å². The molecule has 0 atom stereocenters. The highest BCUT2D eigenvalue weighted by atomic mass is 19.2. The summed E-state index contributed by atoms with van der Waals surface area (Å²) < 4.78 is 38.1. The number of halogens is 2. The van der Waals surface area contributed by atoms with Gasteiger partial charge in [-0.2, -0.15) is 0 Å². The number of rotatable bonds is 1. The van der Waals surface area contributed by atoms with Crippen molar-refractivity contribution in [2.24, 2.45) is 0 Å². The molecule has 2 rings (SSSR count). The predicted octanol–water partition coefficient (Wildman–Crippen LogP) is 1.97. The summed E-state index contributed by atoms with van der Waals surface area (Å²) in [5.74, 6) is -2.55. The lowest BCUT2D eigenvalue weighted by Gasteiger charge is -2.32. The zero-order valence-electron chi connectivity index (χ0n) is 10.8. The lowest BCUT2D eigenvalue weighted by atomic mass is 9.78. The van der Waals surface area contributed by atoms with Crippen LogP contribution >= 0.6 is 0 Å². The molecule has 1 N–H and O–H groups in total. The van der Waals surface area contributed by atoms with Crippen molar-refractivity contribution in [3.63, 3.8) is 0 Å². The minimum Gasteiger partial charge on any atom is -0.508 e. The van der Waals surface area contributed by atoms with Crippen LogP contribution in [0.4, 0.5) is 8.78 Å². The standard InChI is InChI=1S/C12H15BF2O3/c1-11(2)12(3,4)18-13(17-11)8-5-7(16)6-9(14)10(8)15/h5-6,16H,1-4H3. The van der Waals surface area contributed by atoms with Gasteiger partial charge in [0.1, 0.15) is 5.75 Å². The lowest BCUT2D eigenvalue weighted by Crippen LogP contribution is -2.41. The van der Waals surface area contributed by atoms with Crippen LogP contribution in [0.3, 0.4) is 0 Å². The maximum atomic E-state index is 13.7. The minimum atomic E-state index is -1.13. The van der Waals surface area contributed by atoms with Gasteiger partial charge in [-0.1, -0.05) is 0 Å². The first kappa shape index (κ1) is 13.3. The van der Waals surface area contributed by atoms with E-state index in [2.05, 4.69) is 0 Å². The number of phenols is 1. The Morgan fingerprint density at radius 2 is 1.56 bits per heavy atom. The van der Waals surface area contributed by atoms with Gasteiger partial charge in [0.05, 0.1) is 11.2 Å². The Morgan fingerprint density at radius 1 is 1.06 bits per heavy atom. The quantitative estimate of drug-likeness (QED) is 0.780. The summed E-state index contributed by atoms with van der Waals surface area (Å²) >= 11 is 0. The largest absolute Gasteiger partial charge is 0.508 e. The van der Waals surface area contributed by atoms with Crippen LogP contribution < -0.4 is 5.46 Å².